The molecule has 0 saturated carbocycles. The molecule has 3 N–H and O–H groups in total. The van der Waals surface area contributed by atoms with Crippen LogP contribution in [0, 0.1) is 6.92 Å². The number of aryl methyl sites for hydroxylation is 1. The number of nitrogen functional groups attached to an aromatic ring is 1. The molecular weight excluding hydrogens is 290 g/mol. The number of nitrogens with two attached hydrogens (primary N) is 1. The number of carbonyl (C=O) groups is 1. The van der Waals surface area contributed by atoms with Gasteiger partial charge in [-0.3, -0.25) is 4.79 Å². The molecule has 2 aromatic heterocycles. The second-order valence-corrected chi connectivity index (χ2v) is 7.19. The van der Waals surface area contributed by atoms with E-state index in [4.69, 9.17) is 5.73 Å². The number of nitrogens with one attached hydrogen (secondary N) is 1. The van der Waals surface area contributed by atoms with Crippen molar-refractivity contribution in [3.63, 3.8) is 0 Å². The Morgan fingerprint density at radius 3 is 3.10 bits per heavy atom. The van der Waals surface area contributed by atoms with Gasteiger partial charge in [-0.2, -0.15) is 11.8 Å². The number of amides is 1. The number of nitrogens with zero attached hydrogens (tertiary/aromatic N) is 1. The number of fused-ring (bicyclic) bond motifs is 1. The Labute approximate surface area is 126 Å². The molecule has 20 heavy (non-hydrogen) atoms. The number of thiophene rings is 1. The van der Waals surface area contributed by atoms with Crippen molar-refractivity contribution in [1.29, 1.82) is 0 Å². The molecule has 1 aliphatic rings. The Morgan fingerprint density at radius 2 is 2.35 bits per heavy atom. The predicted molar refractivity (Wildman–Crippen MR) is 86.6 cm³/mol. The molecule has 1 unspecified atom stereocenters. The number of rotatable bonds is 2. The zero-order valence-corrected chi connectivity index (χ0v) is 12.9. The summed E-state index contributed by atoms with van der Waals surface area (Å²) in [4.78, 5) is 18.2. The lowest BCUT2D eigenvalue weighted by atomic mass is 10.2. The minimum atomic E-state index is -0.0596. The van der Waals surface area contributed by atoms with Crippen molar-refractivity contribution in [3.05, 3.63) is 22.7 Å². The van der Waals surface area contributed by atoms with E-state index in [-0.39, 0.29) is 11.9 Å². The fourth-order valence-electron chi connectivity index (χ4n) is 2.36. The minimum Gasteiger partial charge on any atom is -0.397 e. The normalized spacial score (nSPS) is 19.1. The van der Waals surface area contributed by atoms with Crippen LogP contribution in [0.1, 0.15) is 28.2 Å². The smallest absolute Gasteiger partial charge is 0.263 e. The highest BCUT2D eigenvalue weighted by atomic mass is 32.2. The van der Waals surface area contributed by atoms with Gasteiger partial charge in [-0.15, -0.1) is 11.3 Å². The minimum absolute atomic E-state index is 0.0596. The highest BCUT2D eigenvalue weighted by Crippen LogP contribution is 2.32. The maximum Gasteiger partial charge on any atom is 0.263 e. The first-order chi connectivity index (χ1) is 9.65. The zero-order chi connectivity index (χ0) is 14.1. The topological polar surface area (TPSA) is 68.0 Å². The van der Waals surface area contributed by atoms with Crippen LogP contribution in [-0.4, -0.2) is 28.4 Å². The molecule has 3 heterocycles. The van der Waals surface area contributed by atoms with Crippen LogP contribution in [0.2, 0.25) is 0 Å². The van der Waals surface area contributed by atoms with Gasteiger partial charge in [-0.25, -0.2) is 4.98 Å². The molecule has 0 radical (unpaired) electrons. The van der Waals surface area contributed by atoms with Gasteiger partial charge in [0.25, 0.3) is 5.91 Å². The Kier molecular flexibility index (Phi) is 3.85. The predicted octanol–water partition coefficient (Wildman–Crippen LogP) is 2.81. The number of hydrogen-bond donors (Lipinski definition) is 2. The zero-order valence-electron chi connectivity index (χ0n) is 11.3. The molecule has 6 heteroatoms. The van der Waals surface area contributed by atoms with E-state index in [9.17, 15) is 4.79 Å². The van der Waals surface area contributed by atoms with E-state index in [1.165, 1.54) is 17.1 Å². The summed E-state index contributed by atoms with van der Waals surface area (Å²) in [6, 6.07) is 4.13. The molecule has 0 aromatic carbocycles. The largest absolute Gasteiger partial charge is 0.397 e. The van der Waals surface area contributed by atoms with E-state index in [1.807, 2.05) is 30.8 Å². The lowest BCUT2D eigenvalue weighted by molar-refractivity contribution is 0.0943. The molecule has 3 rings (SSSR count). The molecule has 106 valence electrons. The van der Waals surface area contributed by atoms with E-state index in [1.54, 1.807) is 0 Å². The highest BCUT2D eigenvalue weighted by Gasteiger charge is 2.21. The fourth-order valence-corrected chi connectivity index (χ4v) is 4.48. The molecule has 2 aromatic rings. The van der Waals surface area contributed by atoms with Crippen molar-refractivity contribution in [3.8, 4) is 0 Å². The fraction of sp³-hybridized carbons (Fsp3) is 0.429. The van der Waals surface area contributed by atoms with Crippen molar-refractivity contribution in [2.24, 2.45) is 0 Å². The van der Waals surface area contributed by atoms with Crippen LogP contribution >= 0.6 is 23.1 Å². The van der Waals surface area contributed by atoms with Crippen molar-refractivity contribution in [2.75, 3.05) is 17.2 Å². The Morgan fingerprint density at radius 1 is 1.50 bits per heavy atom. The lowest BCUT2D eigenvalue weighted by Crippen LogP contribution is -2.38. The third-order valence-electron chi connectivity index (χ3n) is 3.43. The molecule has 1 amide bonds. The lowest BCUT2D eigenvalue weighted by Gasteiger charge is -2.22. The van der Waals surface area contributed by atoms with Crippen LogP contribution in [0.4, 0.5) is 5.69 Å². The van der Waals surface area contributed by atoms with Gasteiger partial charge in [-0.05, 0) is 37.7 Å². The number of pyridine rings is 1. The first-order valence-corrected chi connectivity index (χ1v) is 8.66. The van der Waals surface area contributed by atoms with Crippen molar-refractivity contribution >= 4 is 44.9 Å². The second-order valence-electron chi connectivity index (χ2n) is 5.04. The van der Waals surface area contributed by atoms with Crippen molar-refractivity contribution < 1.29 is 4.79 Å². The Balaban J connectivity index is 1.85. The third kappa shape index (κ3) is 2.62. The monoisotopic (exact) mass is 307 g/mol. The summed E-state index contributed by atoms with van der Waals surface area (Å²) >= 11 is 3.28. The van der Waals surface area contributed by atoms with E-state index < -0.39 is 0 Å². The van der Waals surface area contributed by atoms with Gasteiger partial charge in [0.05, 0.1) is 5.69 Å². The van der Waals surface area contributed by atoms with Gasteiger partial charge >= 0.3 is 0 Å². The van der Waals surface area contributed by atoms with Crippen molar-refractivity contribution in [2.45, 2.75) is 25.8 Å². The standard InChI is InChI=1S/C14H17N3OS2/c1-8-4-5-10-11(15)12(20-14(10)16-8)13(18)17-9-3-2-6-19-7-9/h4-5,9H,2-3,6-7,15H2,1H3,(H,17,18). The number of hydrogen-bond acceptors (Lipinski definition) is 5. The quantitative estimate of drug-likeness (QED) is 0.895. The molecule has 4 nitrogen and oxygen atoms in total. The van der Waals surface area contributed by atoms with Crippen LogP contribution < -0.4 is 11.1 Å². The molecule has 0 bridgehead atoms. The van der Waals surface area contributed by atoms with Crippen LogP contribution in [0.25, 0.3) is 10.2 Å². The molecule has 1 aliphatic heterocycles. The maximum atomic E-state index is 12.4. The molecule has 0 aliphatic carbocycles. The van der Waals surface area contributed by atoms with Crippen LogP contribution in [0.5, 0.6) is 0 Å². The second kappa shape index (κ2) is 5.61. The van der Waals surface area contributed by atoms with Crippen LogP contribution in [0.15, 0.2) is 12.1 Å². The first-order valence-electron chi connectivity index (χ1n) is 6.69. The number of aromatic nitrogens is 1. The summed E-state index contributed by atoms with van der Waals surface area (Å²) < 4.78 is 0. The molecular formula is C14H17N3OS2. The van der Waals surface area contributed by atoms with Gasteiger partial charge in [0, 0.05) is 22.9 Å². The Hall–Kier alpha value is -1.27. The van der Waals surface area contributed by atoms with Gasteiger partial charge in [-0.1, -0.05) is 0 Å². The van der Waals surface area contributed by atoms with Crippen LogP contribution in [-0.2, 0) is 0 Å². The summed E-state index contributed by atoms with van der Waals surface area (Å²) in [5, 5.41) is 3.97. The van der Waals surface area contributed by atoms with Crippen LogP contribution in [0.3, 0.4) is 0 Å². The van der Waals surface area contributed by atoms with Crippen molar-refractivity contribution in [1.82, 2.24) is 10.3 Å². The van der Waals surface area contributed by atoms with E-state index in [2.05, 4.69) is 10.3 Å². The van der Waals surface area contributed by atoms with E-state index in [0.29, 0.717) is 10.6 Å². The third-order valence-corrected chi connectivity index (χ3v) is 5.76. The molecule has 1 fully saturated rings. The first kappa shape index (κ1) is 13.7. The van der Waals surface area contributed by atoms with E-state index >= 15 is 0 Å². The molecule has 1 saturated heterocycles. The average molecular weight is 307 g/mol. The SMILES string of the molecule is Cc1ccc2c(N)c(C(=O)NC3CCCSC3)sc2n1. The van der Waals surface area contributed by atoms with Gasteiger partial charge in [0.1, 0.15) is 9.71 Å². The summed E-state index contributed by atoms with van der Waals surface area (Å²) in [6.07, 6.45) is 2.22. The maximum absolute atomic E-state index is 12.4. The summed E-state index contributed by atoms with van der Waals surface area (Å²) in [6.45, 7) is 1.94. The highest BCUT2D eigenvalue weighted by molar-refractivity contribution is 7.99. The molecule has 1 atom stereocenters. The molecule has 0 spiro atoms. The number of thioether (sulfide) groups is 1. The summed E-state index contributed by atoms with van der Waals surface area (Å²) in [7, 11) is 0. The number of anilines is 1. The average Bonchev–Trinajstić information content (AvgIpc) is 2.76. The number of carbonyl (C=O) groups excluding carboxylic acids is 1. The van der Waals surface area contributed by atoms with Gasteiger partial charge < -0.3 is 11.1 Å². The summed E-state index contributed by atoms with van der Waals surface area (Å²) in [5.41, 5.74) is 7.59. The Bertz CT molecular complexity index is 647. The van der Waals surface area contributed by atoms with Gasteiger partial charge in [0.2, 0.25) is 0 Å². The van der Waals surface area contributed by atoms with Gasteiger partial charge in [0.15, 0.2) is 0 Å². The van der Waals surface area contributed by atoms with E-state index in [0.717, 1.165) is 34.5 Å². The summed E-state index contributed by atoms with van der Waals surface area (Å²) in [5.74, 6) is 2.13.